The van der Waals surface area contributed by atoms with Crippen LogP contribution in [0, 0.1) is 0 Å². The summed E-state index contributed by atoms with van der Waals surface area (Å²) < 4.78 is 5.78. The summed E-state index contributed by atoms with van der Waals surface area (Å²) in [7, 11) is 0. The minimum Gasteiger partial charge on any atom is -0.550 e. The summed E-state index contributed by atoms with van der Waals surface area (Å²) in [6.07, 6.45) is 3.33. The fourth-order valence-corrected chi connectivity index (χ4v) is 3.05. The second kappa shape index (κ2) is 8.12. The van der Waals surface area contributed by atoms with Gasteiger partial charge in [0, 0.05) is 18.6 Å². The van der Waals surface area contributed by atoms with Crippen LogP contribution in [0.25, 0.3) is 22.1 Å². The average molecular weight is 354 g/mol. The number of carbonyl (C=O) groups excluding carboxylic acids is 1. The van der Waals surface area contributed by atoms with Crippen molar-refractivity contribution in [2.24, 2.45) is 0 Å². The number of oxazole rings is 1. The minimum atomic E-state index is -1.19. The molecule has 0 unspecified atom stereocenters. The van der Waals surface area contributed by atoms with Crippen molar-refractivity contribution in [2.45, 2.75) is 11.4 Å². The Kier molecular flexibility index (Phi) is 6.43. The van der Waals surface area contributed by atoms with Gasteiger partial charge in [0.2, 0.25) is 5.89 Å². The summed E-state index contributed by atoms with van der Waals surface area (Å²) in [6, 6.07) is 7.46. The van der Waals surface area contributed by atoms with Crippen LogP contribution in [0.5, 0.6) is 0 Å². The third-order valence-corrected chi connectivity index (χ3v) is 4.47. The van der Waals surface area contributed by atoms with E-state index in [0.717, 1.165) is 9.90 Å². The second-order valence-corrected chi connectivity index (χ2v) is 6.18. The Balaban J connectivity index is 0.00000192. The number of hydrogen-bond acceptors (Lipinski definition) is 7. The van der Waals surface area contributed by atoms with Gasteiger partial charge in [0.05, 0.1) is 21.2 Å². The Bertz CT molecular complexity index is 786. The van der Waals surface area contributed by atoms with Crippen LogP contribution in [0.2, 0.25) is 0 Å². The molecule has 3 heterocycles. The Morgan fingerprint density at radius 1 is 1.39 bits per heavy atom. The Labute approximate surface area is 163 Å². The van der Waals surface area contributed by atoms with Crippen molar-refractivity contribution in [3.8, 4) is 22.1 Å². The standard InChI is InChI=1S/C15H12N2O3S2.Na/c1-21-12-5-4-9(8-16-12)15-17-10(7-13(18)19)14(20-15)11-3-2-6-22-11;/h2-6,8H,7H2,1H3,(H,18,19);/q;+1/p-1. The first-order valence-electron chi connectivity index (χ1n) is 6.41. The van der Waals surface area contributed by atoms with Gasteiger partial charge in [-0.2, -0.15) is 0 Å². The predicted molar refractivity (Wildman–Crippen MR) is 83.5 cm³/mol. The van der Waals surface area contributed by atoms with Crippen LogP contribution in [-0.4, -0.2) is 22.2 Å². The van der Waals surface area contributed by atoms with E-state index in [2.05, 4.69) is 9.97 Å². The van der Waals surface area contributed by atoms with Gasteiger partial charge >= 0.3 is 29.6 Å². The minimum absolute atomic E-state index is 0. The molecule has 3 aromatic heterocycles. The molecule has 0 saturated heterocycles. The Morgan fingerprint density at radius 3 is 2.78 bits per heavy atom. The smallest absolute Gasteiger partial charge is 0.550 e. The molecule has 23 heavy (non-hydrogen) atoms. The summed E-state index contributed by atoms with van der Waals surface area (Å²) >= 11 is 3.01. The number of aliphatic carboxylic acids is 1. The van der Waals surface area contributed by atoms with Gasteiger partial charge in [-0.3, -0.25) is 0 Å². The van der Waals surface area contributed by atoms with Crippen LogP contribution in [0.3, 0.4) is 0 Å². The zero-order valence-corrected chi connectivity index (χ0v) is 16.2. The molecule has 3 rings (SSSR count). The van der Waals surface area contributed by atoms with Crippen LogP contribution in [0.15, 0.2) is 45.3 Å². The molecule has 3 aromatic rings. The van der Waals surface area contributed by atoms with Crippen LogP contribution in [0.4, 0.5) is 0 Å². The maximum atomic E-state index is 10.9. The first kappa shape index (κ1) is 18.2. The Hall–Kier alpha value is -1.12. The van der Waals surface area contributed by atoms with Crippen LogP contribution in [-0.2, 0) is 11.2 Å². The van der Waals surface area contributed by atoms with Crippen molar-refractivity contribution in [1.82, 2.24) is 9.97 Å². The predicted octanol–water partition coefficient (Wildman–Crippen LogP) is -0.517. The number of hydrogen-bond donors (Lipinski definition) is 0. The number of thioether (sulfide) groups is 1. The summed E-state index contributed by atoms with van der Waals surface area (Å²) in [5, 5.41) is 13.7. The number of nitrogens with zero attached hydrogens (tertiary/aromatic N) is 2. The molecule has 0 aliphatic rings. The van der Waals surface area contributed by atoms with Gasteiger partial charge in [-0.1, -0.05) is 6.07 Å². The summed E-state index contributed by atoms with van der Waals surface area (Å²) in [5.74, 6) is -0.351. The zero-order valence-electron chi connectivity index (χ0n) is 12.6. The molecule has 8 heteroatoms. The summed E-state index contributed by atoms with van der Waals surface area (Å²) in [5.41, 5.74) is 1.08. The van der Waals surface area contributed by atoms with E-state index in [1.807, 2.05) is 35.9 Å². The molecule has 5 nitrogen and oxygen atoms in total. The topological polar surface area (TPSA) is 79.0 Å². The van der Waals surface area contributed by atoms with Gasteiger partial charge in [-0.15, -0.1) is 23.1 Å². The van der Waals surface area contributed by atoms with E-state index in [4.69, 9.17) is 4.42 Å². The first-order valence-corrected chi connectivity index (χ1v) is 8.51. The fraction of sp³-hybridized carbons (Fsp3) is 0.133. The maximum Gasteiger partial charge on any atom is 1.00 e. The van der Waals surface area contributed by atoms with Crippen LogP contribution < -0.4 is 34.7 Å². The van der Waals surface area contributed by atoms with E-state index in [0.29, 0.717) is 22.9 Å². The van der Waals surface area contributed by atoms with E-state index in [-0.39, 0.29) is 36.0 Å². The van der Waals surface area contributed by atoms with Gasteiger partial charge in [0.1, 0.15) is 0 Å². The molecule has 0 aromatic carbocycles. The van der Waals surface area contributed by atoms with Gasteiger partial charge in [0.15, 0.2) is 5.76 Å². The molecule has 0 atom stereocenters. The van der Waals surface area contributed by atoms with E-state index in [9.17, 15) is 9.90 Å². The number of thiophene rings is 1. The number of carboxylic acids is 1. The number of carbonyl (C=O) groups is 1. The third-order valence-electron chi connectivity index (χ3n) is 2.95. The number of aromatic nitrogens is 2. The van der Waals surface area contributed by atoms with E-state index in [1.54, 1.807) is 18.0 Å². The second-order valence-electron chi connectivity index (χ2n) is 4.41. The third kappa shape index (κ3) is 4.24. The van der Waals surface area contributed by atoms with Crippen molar-refractivity contribution >= 4 is 29.1 Å². The maximum absolute atomic E-state index is 10.9. The number of rotatable bonds is 5. The monoisotopic (exact) mass is 354 g/mol. The van der Waals surface area contributed by atoms with Crippen molar-refractivity contribution in [3.63, 3.8) is 0 Å². The van der Waals surface area contributed by atoms with Crippen molar-refractivity contribution in [1.29, 1.82) is 0 Å². The molecule has 0 radical (unpaired) electrons. The largest absolute Gasteiger partial charge is 1.00 e. The summed E-state index contributed by atoms with van der Waals surface area (Å²) in [6.45, 7) is 0. The molecule has 0 aliphatic heterocycles. The first-order chi connectivity index (χ1) is 10.7. The molecule has 0 N–H and O–H groups in total. The molecular weight excluding hydrogens is 343 g/mol. The van der Waals surface area contributed by atoms with Gasteiger partial charge in [0.25, 0.3) is 0 Å². The summed E-state index contributed by atoms with van der Waals surface area (Å²) in [4.78, 5) is 20.3. The van der Waals surface area contributed by atoms with E-state index in [1.165, 1.54) is 11.3 Å². The quantitative estimate of drug-likeness (QED) is 0.453. The average Bonchev–Trinajstić information content (AvgIpc) is 3.16. The molecule has 0 bridgehead atoms. The van der Waals surface area contributed by atoms with Crippen LogP contribution >= 0.6 is 23.1 Å². The fourth-order valence-electron chi connectivity index (χ4n) is 1.96. The molecule has 0 fully saturated rings. The molecule has 0 spiro atoms. The molecule has 0 amide bonds. The molecule has 112 valence electrons. The van der Waals surface area contributed by atoms with Crippen molar-refractivity contribution in [3.05, 3.63) is 41.5 Å². The molecule has 0 saturated carbocycles. The Morgan fingerprint density at radius 2 is 2.22 bits per heavy atom. The van der Waals surface area contributed by atoms with E-state index >= 15 is 0 Å². The van der Waals surface area contributed by atoms with Crippen molar-refractivity contribution in [2.75, 3.05) is 6.26 Å². The van der Waals surface area contributed by atoms with Crippen LogP contribution in [0.1, 0.15) is 5.69 Å². The molecule has 0 aliphatic carbocycles. The van der Waals surface area contributed by atoms with E-state index < -0.39 is 5.97 Å². The SMILES string of the molecule is CSc1ccc(-c2nc(CC(=O)[O-])c(-c3cccs3)o2)cn1.[Na+]. The normalized spacial score (nSPS) is 10.3. The zero-order chi connectivity index (χ0) is 15.5. The molecular formula is C15H11N2NaO3S2. The van der Waals surface area contributed by atoms with Crippen molar-refractivity contribution < 1.29 is 43.9 Å². The van der Waals surface area contributed by atoms with Gasteiger partial charge in [-0.05, 0) is 29.8 Å². The van der Waals surface area contributed by atoms with Gasteiger partial charge in [-0.25, -0.2) is 9.97 Å². The van der Waals surface area contributed by atoms with Gasteiger partial charge < -0.3 is 14.3 Å². The number of pyridine rings is 1. The number of carboxylic acid groups (broad SMARTS) is 1.